The zero-order valence-electron chi connectivity index (χ0n) is 10.5. The van der Waals surface area contributed by atoms with Crippen LogP contribution in [0.5, 0.6) is 0 Å². The van der Waals surface area contributed by atoms with Crippen molar-refractivity contribution in [2.45, 2.75) is 5.54 Å². The number of aliphatic hydroxyl groups is 1. The smallest absolute Gasteiger partial charge is 0.104 e. The van der Waals surface area contributed by atoms with Crippen LogP contribution < -0.4 is 5.32 Å². The van der Waals surface area contributed by atoms with Crippen LogP contribution in [0.1, 0.15) is 5.56 Å². The van der Waals surface area contributed by atoms with Crippen LogP contribution in [0, 0.1) is 3.57 Å². The fraction of sp³-hybridized carbons (Fsp3) is 0.125. The summed E-state index contributed by atoms with van der Waals surface area (Å²) in [6, 6.07) is 17.9. The third kappa shape index (κ3) is 3.16. The lowest BCUT2D eigenvalue weighted by Crippen LogP contribution is -2.37. The summed E-state index contributed by atoms with van der Waals surface area (Å²) in [6.45, 7) is 3.82. The molecule has 0 saturated carbocycles. The summed E-state index contributed by atoms with van der Waals surface area (Å²) in [4.78, 5) is 0. The molecule has 0 aromatic heterocycles. The number of anilines is 1. The van der Waals surface area contributed by atoms with E-state index in [9.17, 15) is 5.11 Å². The largest absolute Gasteiger partial charge is 0.393 e. The molecule has 0 spiro atoms. The Hall–Kier alpha value is -1.33. The quantitative estimate of drug-likeness (QED) is 0.625. The van der Waals surface area contributed by atoms with Gasteiger partial charge in [0.1, 0.15) is 5.54 Å². The highest BCUT2D eigenvalue weighted by Gasteiger charge is 2.27. The summed E-state index contributed by atoms with van der Waals surface area (Å²) < 4.78 is 1.18. The van der Waals surface area contributed by atoms with Crippen LogP contribution >= 0.6 is 22.6 Å². The Balaban J connectivity index is 2.35. The van der Waals surface area contributed by atoms with Crippen LogP contribution in [0.2, 0.25) is 0 Å². The van der Waals surface area contributed by atoms with Crippen molar-refractivity contribution < 1.29 is 5.11 Å². The summed E-state index contributed by atoms with van der Waals surface area (Å²) in [6.07, 6.45) is 1.75. The van der Waals surface area contributed by atoms with Gasteiger partial charge in [0.05, 0.1) is 6.61 Å². The van der Waals surface area contributed by atoms with Crippen molar-refractivity contribution in [1.82, 2.24) is 0 Å². The van der Waals surface area contributed by atoms with E-state index < -0.39 is 5.54 Å². The number of rotatable bonds is 5. The molecule has 0 heterocycles. The zero-order chi connectivity index (χ0) is 13.7. The van der Waals surface area contributed by atoms with Crippen molar-refractivity contribution in [2.75, 3.05) is 11.9 Å². The third-order valence-corrected chi connectivity index (χ3v) is 3.82. The molecule has 0 aliphatic rings. The van der Waals surface area contributed by atoms with Crippen molar-refractivity contribution in [3.8, 4) is 0 Å². The zero-order valence-corrected chi connectivity index (χ0v) is 12.7. The average Bonchev–Trinajstić information content (AvgIpc) is 2.48. The summed E-state index contributed by atoms with van der Waals surface area (Å²) in [5.41, 5.74) is 1.29. The van der Waals surface area contributed by atoms with Crippen LogP contribution in [-0.4, -0.2) is 11.7 Å². The van der Waals surface area contributed by atoms with Gasteiger partial charge in [0, 0.05) is 9.26 Å². The average molecular weight is 365 g/mol. The first-order chi connectivity index (χ1) is 9.20. The summed E-state index contributed by atoms with van der Waals surface area (Å²) in [5.74, 6) is 0. The Morgan fingerprint density at radius 3 is 2.26 bits per heavy atom. The van der Waals surface area contributed by atoms with E-state index in [2.05, 4.69) is 34.5 Å². The topological polar surface area (TPSA) is 32.3 Å². The van der Waals surface area contributed by atoms with Gasteiger partial charge in [-0.15, -0.1) is 6.58 Å². The molecule has 0 aliphatic heterocycles. The minimum absolute atomic E-state index is 0.0491. The first-order valence-corrected chi connectivity index (χ1v) is 7.12. The highest BCUT2D eigenvalue weighted by atomic mass is 127. The van der Waals surface area contributed by atoms with E-state index in [1.807, 2.05) is 54.6 Å². The first kappa shape index (κ1) is 14.1. The number of hydrogen-bond acceptors (Lipinski definition) is 2. The lowest BCUT2D eigenvalue weighted by atomic mass is 9.90. The number of nitrogens with one attached hydrogen (secondary N) is 1. The molecule has 98 valence electrons. The van der Waals surface area contributed by atoms with Crippen molar-refractivity contribution in [1.29, 1.82) is 0 Å². The minimum atomic E-state index is -0.659. The van der Waals surface area contributed by atoms with E-state index in [1.54, 1.807) is 6.08 Å². The van der Waals surface area contributed by atoms with Crippen molar-refractivity contribution in [2.24, 2.45) is 0 Å². The Morgan fingerprint density at radius 2 is 1.74 bits per heavy atom. The molecule has 0 bridgehead atoms. The predicted molar refractivity (Wildman–Crippen MR) is 88.2 cm³/mol. The molecule has 1 atom stereocenters. The van der Waals surface area contributed by atoms with Gasteiger partial charge in [0.2, 0.25) is 0 Å². The molecule has 0 radical (unpaired) electrons. The fourth-order valence-corrected chi connectivity index (χ4v) is 2.32. The summed E-state index contributed by atoms with van der Waals surface area (Å²) in [7, 11) is 0. The highest BCUT2D eigenvalue weighted by Crippen LogP contribution is 2.27. The van der Waals surface area contributed by atoms with Crippen molar-refractivity contribution in [3.63, 3.8) is 0 Å². The maximum Gasteiger partial charge on any atom is 0.104 e. The lowest BCUT2D eigenvalue weighted by Gasteiger charge is -2.31. The standard InChI is InChI=1S/C16H16INO/c1-2-16(12-19,13-6-4-3-5-7-13)18-15-10-8-14(17)9-11-15/h2-11,18-19H,1,12H2/t16-/m1/s1. The number of benzene rings is 2. The maximum absolute atomic E-state index is 9.81. The van der Waals surface area contributed by atoms with Crippen molar-refractivity contribution >= 4 is 28.3 Å². The molecule has 0 fully saturated rings. The first-order valence-electron chi connectivity index (χ1n) is 6.04. The second-order valence-corrected chi connectivity index (χ2v) is 5.58. The van der Waals surface area contributed by atoms with Crippen LogP contribution in [0.3, 0.4) is 0 Å². The lowest BCUT2D eigenvalue weighted by molar-refractivity contribution is 0.241. The minimum Gasteiger partial charge on any atom is -0.393 e. The Bertz CT molecular complexity index is 538. The Labute approximate surface area is 127 Å². The molecule has 2 nitrogen and oxygen atoms in total. The molecule has 0 unspecified atom stereocenters. The highest BCUT2D eigenvalue weighted by molar-refractivity contribution is 14.1. The molecule has 0 amide bonds. The predicted octanol–water partition coefficient (Wildman–Crippen LogP) is 3.78. The van der Waals surface area contributed by atoms with Gasteiger partial charge in [0.15, 0.2) is 0 Å². The van der Waals surface area contributed by atoms with Gasteiger partial charge in [-0.05, 0) is 52.4 Å². The van der Waals surface area contributed by atoms with Gasteiger partial charge >= 0.3 is 0 Å². The Kier molecular flexibility index (Phi) is 4.61. The van der Waals surface area contributed by atoms with E-state index in [1.165, 1.54) is 3.57 Å². The molecule has 3 heteroatoms. The van der Waals surface area contributed by atoms with Gasteiger partial charge < -0.3 is 10.4 Å². The maximum atomic E-state index is 9.81. The summed E-state index contributed by atoms with van der Waals surface area (Å²) in [5, 5.41) is 13.2. The van der Waals surface area contributed by atoms with Gasteiger partial charge in [0.25, 0.3) is 0 Å². The normalized spacial score (nSPS) is 13.6. The van der Waals surface area contributed by atoms with E-state index in [0.29, 0.717) is 0 Å². The van der Waals surface area contributed by atoms with Crippen LogP contribution in [0.15, 0.2) is 67.3 Å². The van der Waals surface area contributed by atoms with E-state index in [-0.39, 0.29) is 6.61 Å². The van der Waals surface area contributed by atoms with Gasteiger partial charge in [-0.3, -0.25) is 0 Å². The molecule has 2 rings (SSSR count). The van der Waals surface area contributed by atoms with Crippen LogP contribution in [0.4, 0.5) is 5.69 Å². The van der Waals surface area contributed by atoms with Gasteiger partial charge in [-0.25, -0.2) is 0 Å². The molecule has 0 saturated heterocycles. The number of hydrogen-bond donors (Lipinski definition) is 2. The summed E-state index contributed by atoms with van der Waals surface area (Å²) >= 11 is 2.27. The molecule has 0 aliphatic carbocycles. The monoisotopic (exact) mass is 365 g/mol. The van der Waals surface area contributed by atoms with E-state index >= 15 is 0 Å². The number of aliphatic hydroxyl groups excluding tert-OH is 1. The molecular formula is C16H16INO. The van der Waals surface area contributed by atoms with Gasteiger partial charge in [-0.2, -0.15) is 0 Å². The molecule has 2 aromatic rings. The van der Waals surface area contributed by atoms with Crippen molar-refractivity contribution in [3.05, 3.63) is 76.4 Å². The molecule has 2 aromatic carbocycles. The molecule has 2 N–H and O–H groups in total. The molecular weight excluding hydrogens is 349 g/mol. The SMILES string of the molecule is C=C[C@](CO)(Nc1ccc(I)cc1)c1ccccc1. The number of halogens is 1. The second-order valence-electron chi connectivity index (χ2n) is 4.33. The van der Waals surface area contributed by atoms with E-state index in [4.69, 9.17) is 0 Å². The van der Waals surface area contributed by atoms with Crippen LogP contribution in [0.25, 0.3) is 0 Å². The fourth-order valence-electron chi connectivity index (χ4n) is 1.96. The Morgan fingerprint density at radius 1 is 1.11 bits per heavy atom. The van der Waals surface area contributed by atoms with E-state index in [0.717, 1.165) is 11.3 Å². The van der Waals surface area contributed by atoms with Gasteiger partial charge in [-0.1, -0.05) is 36.4 Å². The molecule has 19 heavy (non-hydrogen) atoms. The third-order valence-electron chi connectivity index (χ3n) is 3.10. The van der Waals surface area contributed by atoms with Crippen LogP contribution in [-0.2, 0) is 5.54 Å². The second kappa shape index (κ2) is 6.21.